The molecule has 1 aliphatic rings. The van der Waals surface area contributed by atoms with Gasteiger partial charge in [-0.05, 0) is 36.2 Å². The zero-order valence-electron chi connectivity index (χ0n) is 19.4. The zero-order chi connectivity index (χ0) is 24.0. The highest BCUT2D eigenvalue weighted by atomic mass is 32.2. The number of morpholine rings is 1. The van der Waals surface area contributed by atoms with Crippen molar-refractivity contribution >= 4 is 15.9 Å². The van der Waals surface area contributed by atoms with Crippen molar-refractivity contribution in [3.8, 4) is 0 Å². The monoisotopic (exact) mass is 477 g/mol. The van der Waals surface area contributed by atoms with Crippen LogP contribution in [0.5, 0.6) is 0 Å². The Kier molecular flexibility index (Phi) is 8.58. The number of nitrogens with one attached hydrogen (secondary N) is 1. The minimum atomic E-state index is -3.79. The van der Waals surface area contributed by atoms with E-state index >= 15 is 0 Å². The maximum absolute atomic E-state index is 14.4. The second-order valence-corrected chi connectivity index (χ2v) is 10.1. The van der Waals surface area contributed by atoms with Crippen LogP contribution in [0.25, 0.3) is 0 Å². The van der Waals surface area contributed by atoms with Gasteiger partial charge in [-0.25, -0.2) is 12.8 Å². The number of halogens is 1. The number of carbonyl (C=O) groups is 1. The number of carbonyl (C=O) groups excluding carboxylic acids is 1. The molecular formula is C24H32FN3O4S. The van der Waals surface area contributed by atoms with E-state index in [1.165, 1.54) is 10.4 Å². The van der Waals surface area contributed by atoms with E-state index in [0.717, 1.165) is 42.9 Å². The third-order valence-electron chi connectivity index (χ3n) is 5.70. The summed E-state index contributed by atoms with van der Waals surface area (Å²) in [5, 5.41) is 2.71. The molecule has 1 saturated heterocycles. The summed E-state index contributed by atoms with van der Waals surface area (Å²) in [4.78, 5) is 14.9. The fourth-order valence-corrected chi connectivity index (χ4v) is 5.44. The Balaban J connectivity index is 1.68. The largest absolute Gasteiger partial charge is 0.376 e. The molecule has 2 aromatic carbocycles. The van der Waals surface area contributed by atoms with Gasteiger partial charge in [0.2, 0.25) is 10.0 Å². The van der Waals surface area contributed by atoms with Gasteiger partial charge < -0.3 is 10.1 Å². The quantitative estimate of drug-likeness (QED) is 0.601. The standard InChI is InChI=1S/C24H32FN3O4S/c1-4-28(5-2)33(30,31)21-9-10-23(25)22(14-21)24(29)26-15-19-7-6-8-20(13-19)17-27-11-12-32-18(3)16-27/h6-10,13-14,18H,4-5,11-12,15-17H2,1-3H3,(H,26,29). The van der Waals surface area contributed by atoms with Crippen LogP contribution in [-0.2, 0) is 27.8 Å². The number of hydrogen-bond acceptors (Lipinski definition) is 5. The van der Waals surface area contributed by atoms with Crippen LogP contribution in [0.2, 0.25) is 0 Å². The maximum Gasteiger partial charge on any atom is 0.254 e. The van der Waals surface area contributed by atoms with Gasteiger partial charge in [0.05, 0.1) is 23.2 Å². The summed E-state index contributed by atoms with van der Waals surface area (Å²) in [5.41, 5.74) is 1.71. The number of rotatable bonds is 9. The molecule has 0 radical (unpaired) electrons. The Labute approximate surface area is 195 Å². The van der Waals surface area contributed by atoms with Gasteiger partial charge in [0.15, 0.2) is 0 Å². The highest BCUT2D eigenvalue weighted by Crippen LogP contribution is 2.19. The molecule has 2 aromatic rings. The number of benzene rings is 2. The van der Waals surface area contributed by atoms with Crippen molar-refractivity contribution in [2.24, 2.45) is 0 Å². The van der Waals surface area contributed by atoms with Crippen LogP contribution in [0.1, 0.15) is 42.3 Å². The van der Waals surface area contributed by atoms with Crippen LogP contribution in [0, 0.1) is 5.82 Å². The number of sulfonamides is 1. The van der Waals surface area contributed by atoms with Crippen LogP contribution >= 0.6 is 0 Å². The van der Waals surface area contributed by atoms with E-state index < -0.39 is 21.7 Å². The lowest BCUT2D eigenvalue weighted by Crippen LogP contribution is -2.40. The van der Waals surface area contributed by atoms with E-state index in [9.17, 15) is 17.6 Å². The second-order valence-electron chi connectivity index (χ2n) is 8.15. The van der Waals surface area contributed by atoms with E-state index in [-0.39, 0.29) is 36.2 Å². The van der Waals surface area contributed by atoms with Crippen molar-refractivity contribution in [2.45, 2.75) is 44.9 Å². The van der Waals surface area contributed by atoms with Gasteiger partial charge in [-0.1, -0.05) is 38.1 Å². The first kappa shape index (κ1) is 25.3. The molecule has 0 saturated carbocycles. The van der Waals surface area contributed by atoms with Gasteiger partial charge >= 0.3 is 0 Å². The fraction of sp³-hybridized carbons (Fsp3) is 0.458. The molecule has 1 N–H and O–H groups in total. The van der Waals surface area contributed by atoms with Gasteiger partial charge in [-0.3, -0.25) is 9.69 Å². The molecule has 1 unspecified atom stereocenters. The molecule has 0 aliphatic carbocycles. The van der Waals surface area contributed by atoms with Gasteiger partial charge in [-0.15, -0.1) is 0 Å². The number of ether oxygens (including phenoxy) is 1. The van der Waals surface area contributed by atoms with Crippen molar-refractivity contribution in [2.75, 3.05) is 32.8 Å². The molecule has 9 heteroatoms. The van der Waals surface area contributed by atoms with E-state index in [1.807, 2.05) is 24.3 Å². The lowest BCUT2D eigenvalue weighted by Gasteiger charge is -2.31. The summed E-state index contributed by atoms with van der Waals surface area (Å²) >= 11 is 0. The SMILES string of the molecule is CCN(CC)S(=O)(=O)c1ccc(F)c(C(=O)NCc2cccc(CN3CCOC(C)C3)c2)c1. The molecule has 1 amide bonds. The maximum atomic E-state index is 14.4. The Hall–Kier alpha value is -2.33. The van der Waals surface area contributed by atoms with Crippen LogP contribution in [0.4, 0.5) is 4.39 Å². The first-order valence-electron chi connectivity index (χ1n) is 11.2. The molecule has 0 bridgehead atoms. The van der Waals surface area contributed by atoms with Gasteiger partial charge in [-0.2, -0.15) is 4.31 Å². The van der Waals surface area contributed by atoms with Crippen molar-refractivity contribution in [3.63, 3.8) is 0 Å². The third kappa shape index (κ3) is 6.38. The van der Waals surface area contributed by atoms with E-state index in [1.54, 1.807) is 13.8 Å². The fourth-order valence-electron chi connectivity index (χ4n) is 3.96. The minimum Gasteiger partial charge on any atom is -0.376 e. The Morgan fingerprint density at radius 2 is 1.91 bits per heavy atom. The first-order valence-corrected chi connectivity index (χ1v) is 12.7. The number of nitrogens with zero attached hydrogens (tertiary/aromatic N) is 2. The summed E-state index contributed by atoms with van der Waals surface area (Å²) in [7, 11) is -3.79. The molecule has 1 aliphatic heterocycles. The molecule has 3 rings (SSSR count). The van der Waals surface area contributed by atoms with Gasteiger partial charge in [0.25, 0.3) is 5.91 Å². The molecule has 7 nitrogen and oxygen atoms in total. The Morgan fingerprint density at radius 3 is 2.61 bits per heavy atom. The van der Waals surface area contributed by atoms with Crippen LogP contribution in [-0.4, -0.2) is 62.4 Å². The molecular weight excluding hydrogens is 445 g/mol. The first-order chi connectivity index (χ1) is 15.7. The predicted octanol–water partition coefficient (Wildman–Crippen LogP) is 3.01. The summed E-state index contributed by atoms with van der Waals surface area (Å²) < 4.78 is 46.7. The predicted molar refractivity (Wildman–Crippen MR) is 125 cm³/mol. The number of amides is 1. The molecule has 0 aromatic heterocycles. The second kappa shape index (κ2) is 11.2. The van der Waals surface area contributed by atoms with Crippen molar-refractivity contribution in [1.29, 1.82) is 0 Å². The highest BCUT2D eigenvalue weighted by molar-refractivity contribution is 7.89. The van der Waals surface area contributed by atoms with Crippen LogP contribution in [0.15, 0.2) is 47.4 Å². The normalized spacial score (nSPS) is 17.3. The van der Waals surface area contributed by atoms with Gasteiger partial charge in [0.1, 0.15) is 5.82 Å². The topological polar surface area (TPSA) is 79.0 Å². The minimum absolute atomic E-state index is 0.0977. The van der Waals surface area contributed by atoms with E-state index in [2.05, 4.69) is 17.1 Å². The summed E-state index contributed by atoms with van der Waals surface area (Å²) in [6.07, 6.45) is 0.206. The highest BCUT2D eigenvalue weighted by Gasteiger charge is 2.24. The van der Waals surface area contributed by atoms with Crippen molar-refractivity contribution in [1.82, 2.24) is 14.5 Å². The Morgan fingerprint density at radius 1 is 1.18 bits per heavy atom. The lowest BCUT2D eigenvalue weighted by atomic mass is 10.1. The smallest absolute Gasteiger partial charge is 0.254 e. The average Bonchev–Trinajstić information content (AvgIpc) is 2.78. The molecule has 180 valence electrons. The molecule has 33 heavy (non-hydrogen) atoms. The summed E-state index contributed by atoms with van der Waals surface area (Å²) in [6, 6.07) is 11.2. The molecule has 1 atom stereocenters. The number of hydrogen-bond donors (Lipinski definition) is 1. The zero-order valence-corrected chi connectivity index (χ0v) is 20.2. The van der Waals surface area contributed by atoms with Crippen LogP contribution < -0.4 is 5.32 Å². The van der Waals surface area contributed by atoms with E-state index in [4.69, 9.17) is 4.74 Å². The van der Waals surface area contributed by atoms with Crippen LogP contribution in [0.3, 0.4) is 0 Å². The van der Waals surface area contributed by atoms with E-state index in [0.29, 0.717) is 6.61 Å². The summed E-state index contributed by atoms with van der Waals surface area (Å²) in [5.74, 6) is -1.42. The molecule has 0 spiro atoms. The molecule has 1 fully saturated rings. The Bertz CT molecular complexity index is 1070. The average molecular weight is 478 g/mol. The van der Waals surface area contributed by atoms with Crippen molar-refractivity contribution in [3.05, 3.63) is 65.0 Å². The van der Waals surface area contributed by atoms with Gasteiger partial charge in [0, 0.05) is 39.3 Å². The van der Waals surface area contributed by atoms with Crippen molar-refractivity contribution < 1.29 is 22.3 Å². The molecule has 1 heterocycles. The summed E-state index contributed by atoms with van der Waals surface area (Å²) in [6.45, 7) is 9.54. The lowest BCUT2D eigenvalue weighted by molar-refractivity contribution is -0.0212. The third-order valence-corrected chi connectivity index (χ3v) is 7.75.